The van der Waals surface area contributed by atoms with Gasteiger partial charge in [-0.3, -0.25) is 4.79 Å². The van der Waals surface area contributed by atoms with Gasteiger partial charge in [-0.2, -0.15) is 0 Å². The van der Waals surface area contributed by atoms with E-state index in [2.05, 4.69) is 48.3 Å². The maximum Gasteiger partial charge on any atom is 0.222 e. The normalized spacial score (nSPS) is 22.6. The molecule has 0 radical (unpaired) electrons. The summed E-state index contributed by atoms with van der Waals surface area (Å²) in [5.41, 5.74) is 1.30. The van der Waals surface area contributed by atoms with Crippen molar-refractivity contribution in [2.75, 3.05) is 13.1 Å². The Morgan fingerprint density at radius 1 is 1.29 bits per heavy atom. The van der Waals surface area contributed by atoms with E-state index >= 15 is 0 Å². The lowest BCUT2D eigenvalue weighted by Gasteiger charge is -2.40. The largest absolute Gasteiger partial charge is 0.341 e. The lowest BCUT2D eigenvalue weighted by atomic mass is 9.85. The predicted octanol–water partition coefficient (Wildman–Crippen LogP) is 3.06. The number of hydrogen-bond donors (Lipinski definition) is 1. The number of nitrogens with zero attached hydrogens (tertiary/aromatic N) is 1. The van der Waals surface area contributed by atoms with Crippen LogP contribution in [0.3, 0.4) is 0 Å². The second-order valence-corrected chi connectivity index (χ2v) is 6.46. The van der Waals surface area contributed by atoms with Gasteiger partial charge in [0.1, 0.15) is 0 Å². The summed E-state index contributed by atoms with van der Waals surface area (Å²) < 4.78 is 0. The number of benzene rings is 1. The molecule has 1 amide bonds. The van der Waals surface area contributed by atoms with Crippen molar-refractivity contribution in [3.05, 3.63) is 35.9 Å². The highest BCUT2D eigenvalue weighted by Gasteiger charge is 2.30. The van der Waals surface area contributed by atoms with Gasteiger partial charge in [-0.1, -0.05) is 51.1 Å². The maximum atomic E-state index is 12.1. The molecule has 1 saturated heterocycles. The molecule has 1 heterocycles. The Bertz CT molecular complexity index is 444. The lowest BCUT2D eigenvalue weighted by molar-refractivity contribution is -0.133. The van der Waals surface area contributed by atoms with Crippen LogP contribution in [-0.2, 0) is 11.3 Å². The van der Waals surface area contributed by atoms with Crippen LogP contribution in [0.25, 0.3) is 0 Å². The molecule has 2 atom stereocenters. The Morgan fingerprint density at radius 3 is 2.62 bits per heavy atom. The molecule has 2 rings (SSSR count). The van der Waals surface area contributed by atoms with E-state index in [0.717, 1.165) is 26.1 Å². The molecule has 1 aromatic carbocycles. The van der Waals surface area contributed by atoms with E-state index in [9.17, 15) is 4.79 Å². The molecule has 1 aliphatic rings. The Morgan fingerprint density at radius 2 is 2.00 bits per heavy atom. The van der Waals surface area contributed by atoms with Crippen LogP contribution in [-0.4, -0.2) is 29.9 Å². The lowest BCUT2D eigenvalue weighted by Crippen LogP contribution is -2.52. The molecular weight excluding hydrogens is 260 g/mol. The summed E-state index contributed by atoms with van der Waals surface area (Å²) in [5.74, 6) is 1.51. The molecule has 0 aliphatic carbocycles. The summed E-state index contributed by atoms with van der Waals surface area (Å²) in [5, 5.41) is 3.64. The highest BCUT2D eigenvalue weighted by Crippen LogP contribution is 2.24. The zero-order valence-corrected chi connectivity index (χ0v) is 13.5. The molecule has 1 aromatic rings. The predicted molar refractivity (Wildman–Crippen MR) is 86.9 cm³/mol. The highest BCUT2D eigenvalue weighted by atomic mass is 16.2. The minimum atomic E-state index is 0.284. The summed E-state index contributed by atoms with van der Waals surface area (Å²) >= 11 is 0. The van der Waals surface area contributed by atoms with E-state index < -0.39 is 0 Å². The first-order chi connectivity index (χ1) is 10.1. The third-order valence-corrected chi connectivity index (χ3v) is 4.52. The Labute approximate surface area is 128 Å². The zero-order chi connectivity index (χ0) is 15.2. The minimum Gasteiger partial charge on any atom is -0.341 e. The Kier molecular flexibility index (Phi) is 5.80. The maximum absolute atomic E-state index is 12.1. The summed E-state index contributed by atoms with van der Waals surface area (Å²) in [6.07, 6.45) is 1.77. The van der Waals surface area contributed by atoms with E-state index in [1.165, 1.54) is 5.56 Å². The third kappa shape index (κ3) is 4.57. The van der Waals surface area contributed by atoms with Gasteiger partial charge in [-0.15, -0.1) is 0 Å². The van der Waals surface area contributed by atoms with E-state index in [1.54, 1.807) is 0 Å². The van der Waals surface area contributed by atoms with Crippen molar-refractivity contribution < 1.29 is 4.79 Å². The summed E-state index contributed by atoms with van der Waals surface area (Å²) in [4.78, 5) is 14.1. The highest BCUT2D eigenvalue weighted by molar-refractivity contribution is 5.76. The second kappa shape index (κ2) is 7.60. The zero-order valence-electron chi connectivity index (χ0n) is 13.5. The van der Waals surface area contributed by atoms with Gasteiger partial charge in [-0.05, 0) is 23.8 Å². The molecule has 3 heteroatoms. The van der Waals surface area contributed by atoms with Crippen LogP contribution in [0.2, 0.25) is 0 Å². The number of amides is 1. The number of carbonyl (C=O) groups excluding carboxylic acids is 1. The second-order valence-electron chi connectivity index (χ2n) is 6.46. The van der Waals surface area contributed by atoms with Gasteiger partial charge in [-0.25, -0.2) is 0 Å². The van der Waals surface area contributed by atoms with Crippen molar-refractivity contribution in [1.82, 2.24) is 10.2 Å². The molecule has 2 unspecified atom stereocenters. The molecule has 0 saturated carbocycles. The Hall–Kier alpha value is -1.35. The topological polar surface area (TPSA) is 32.3 Å². The standard InChI is InChI=1S/C18H28N2O/c1-4-18(21)20-12-16(14(2)3)10-17(13-20)19-11-15-8-6-5-7-9-15/h5-9,14,16-17,19H,4,10-13H2,1-3H3. The third-order valence-electron chi connectivity index (χ3n) is 4.52. The van der Waals surface area contributed by atoms with Crippen molar-refractivity contribution in [2.24, 2.45) is 11.8 Å². The summed E-state index contributed by atoms with van der Waals surface area (Å²) in [7, 11) is 0. The van der Waals surface area contributed by atoms with Gasteiger partial charge < -0.3 is 10.2 Å². The molecule has 0 aromatic heterocycles. The molecule has 21 heavy (non-hydrogen) atoms. The number of carbonyl (C=O) groups is 1. The molecule has 116 valence electrons. The summed E-state index contributed by atoms with van der Waals surface area (Å²) in [6, 6.07) is 10.9. The molecular formula is C18H28N2O. The number of likely N-dealkylation sites (tertiary alicyclic amines) is 1. The van der Waals surface area contributed by atoms with Crippen LogP contribution >= 0.6 is 0 Å². The molecule has 3 nitrogen and oxygen atoms in total. The first-order valence-corrected chi connectivity index (χ1v) is 8.15. The quantitative estimate of drug-likeness (QED) is 0.903. The minimum absolute atomic E-state index is 0.284. The van der Waals surface area contributed by atoms with Crippen LogP contribution in [0.4, 0.5) is 0 Å². The molecule has 1 N–H and O–H groups in total. The molecule has 0 bridgehead atoms. The van der Waals surface area contributed by atoms with Gasteiger partial charge in [0.05, 0.1) is 0 Å². The van der Waals surface area contributed by atoms with E-state index in [0.29, 0.717) is 24.3 Å². The summed E-state index contributed by atoms with van der Waals surface area (Å²) in [6.45, 7) is 9.13. The fraction of sp³-hybridized carbons (Fsp3) is 0.611. The van der Waals surface area contributed by atoms with Crippen LogP contribution in [0.1, 0.15) is 39.2 Å². The van der Waals surface area contributed by atoms with Gasteiger partial charge in [0.15, 0.2) is 0 Å². The van der Waals surface area contributed by atoms with Crippen LogP contribution in [0.5, 0.6) is 0 Å². The molecule has 0 spiro atoms. The van der Waals surface area contributed by atoms with Gasteiger partial charge in [0.2, 0.25) is 5.91 Å². The fourth-order valence-corrected chi connectivity index (χ4v) is 3.05. The number of nitrogens with one attached hydrogen (secondary N) is 1. The van der Waals surface area contributed by atoms with Gasteiger partial charge >= 0.3 is 0 Å². The SMILES string of the molecule is CCC(=O)N1CC(NCc2ccccc2)CC(C(C)C)C1. The number of hydrogen-bond acceptors (Lipinski definition) is 2. The number of rotatable bonds is 5. The first kappa shape index (κ1) is 16.0. The van der Waals surface area contributed by atoms with E-state index in [1.807, 2.05) is 13.0 Å². The smallest absolute Gasteiger partial charge is 0.222 e. The molecule has 1 fully saturated rings. The van der Waals surface area contributed by atoms with Crippen molar-refractivity contribution >= 4 is 5.91 Å². The average Bonchev–Trinajstić information content (AvgIpc) is 2.52. The fourth-order valence-electron chi connectivity index (χ4n) is 3.05. The van der Waals surface area contributed by atoms with Crippen molar-refractivity contribution in [3.8, 4) is 0 Å². The van der Waals surface area contributed by atoms with Crippen molar-refractivity contribution in [3.63, 3.8) is 0 Å². The molecule has 1 aliphatic heterocycles. The van der Waals surface area contributed by atoms with Crippen molar-refractivity contribution in [2.45, 2.75) is 46.2 Å². The van der Waals surface area contributed by atoms with E-state index in [-0.39, 0.29) is 5.91 Å². The van der Waals surface area contributed by atoms with Crippen LogP contribution in [0, 0.1) is 11.8 Å². The Balaban J connectivity index is 1.95. The van der Waals surface area contributed by atoms with Crippen LogP contribution in [0.15, 0.2) is 30.3 Å². The first-order valence-electron chi connectivity index (χ1n) is 8.15. The van der Waals surface area contributed by atoms with Gasteiger partial charge in [0.25, 0.3) is 0 Å². The van der Waals surface area contributed by atoms with Gasteiger partial charge in [0, 0.05) is 32.1 Å². The average molecular weight is 288 g/mol. The van der Waals surface area contributed by atoms with Crippen molar-refractivity contribution in [1.29, 1.82) is 0 Å². The van der Waals surface area contributed by atoms with Crippen LogP contribution < -0.4 is 5.32 Å². The monoisotopic (exact) mass is 288 g/mol. The number of piperidine rings is 1. The van der Waals surface area contributed by atoms with E-state index in [4.69, 9.17) is 0 Å².